The molecule has 2 heterocycles. The Kier molecular flexibility index (Phi) is 4.51. The zero-order chi connectivity index (χ0) is 17.3. The average molecular weight is 344 g/mol. The summed E-state index contributed by atoms with van der Waals surface area (Å²) >= 11 is 0. The van der Waals surface area contributed by atoms with Gasteiger partial charge in [-0.1, -0.05) is 19.6 Å². The molecule has 0 radical (unpaired) electrons. The number of hydrogen-bond acceptors (Lipinski definition) is 3. The van der Waals surface area contributed by atoms with E-state index < -0.39 is 8.07 Å². The van der Waals surface area contributed by atoms with Crippen molar-refractivity contribution < 1.29 is 9.47 Å². The molecule has 0 saturated heterocycles. The van der Waals surface area contributed by atoms with Gasteiger partial charge in [0, 0.05) is 26.3 Å². The maximum absolute atomic E-state index is 12.8. The monoisotopic (exact) mass is 344 g/mol. The highest BCUT2D eigenvalue weighted by Gasteiger charge is 2.14. The Morgan fingerprint density at radius 3 is 2.67 bits per heavy atom. The van der Waals surface area contributed by atoms with Gasteiger partial charge in [0.2, 0.25) is 0 Å². The molecular weight excluding hydrogens is 320 g/mol. The van der Waals surface area contributed by atoms with E-state index in [1.54, 1.807) is 17.9 Å². The Labute approximate surface area is 142 Å². The summed E-state index contributed by atoms with van der Waals surface area (Å²) < 4.78 is 12.9. The molecule has 3 aromatic rings. The summed E-state index contributed by atoms with van der Waals surface area (Å²) in [7, 11) is 0.500. The first-order chi connectivity index (χ1) is 11.4. The molecule has 2 aromatic heterocycles. The van der Waals surface area contributed by atoms with Crippen molar-refractivity contribution in [1.82, 2.24) is 9.55 Å². The van der Waals surface area contributed by atoms with Crippen LogP contribution in [0, 0.1) is 0 Å². The zero-order valence-electron chi connectivity index (χ0n) is 14.7. The SMILES string of the molecule is COc1ccc2c(c1)c1[nH]ccc1c(=O)n2COCC[Si](C)(C)C. The molecule has 0 aliphatic rings. The van der Waals surface area contributed by atoms with Crippen molar-refractivity contribution in [2.24, 2.45) is 0 Å². The minimum atomic E-state index is -1.14. The molecule has 0 unspecified atom stereocenters. The molecule has 1 N–H and O–H groups in total. The second-order valence-corrected chi connectivity index (χ2v) is 12.9. The van der Waals surface area contributed by atoms with Crippen molar-refractivity contribution in [3.63, 3.8) is 0 Å². The van der Waals surface area contributed by atoms with E-state index in [1.807, 2.05) is 24.3 Å². The lowest BCUT2D eigenvalue weighted by molar-refractivity contribution is 0.0882. The van der Waals surface area contributed by atoms with E-state index in [9.17, 15) is 4.79 Å². The standard InChI is InChI=1S/C18H24N2O3Si/c1-22-13-5-6-16-15(11-13)17-14(7-8-19-17)18(21)20(16)12-23-9-10-24(2,3)4/h5-8,11,19H,9-10,12H2,1-4H3. The number of methoxy groups -OCH3 is 1. The number of aromatic amines is 1. The first-order valence-electron chi connectivity index (χ1n) is 8.16. The van der Waals surface area contributed by atoms with E-state index in [0.717, 1.165) is 28.2 Å². The maximum atomic E-state index is 12.8. The van der Waals surface area contributed by atoms with Gasteiger partial charge in [0.25, 0.3) is 5.56 Å². The summed E-state index contributed by atoms with van der Waals surface area (Å²) in [6.07, 6.45) is 1.79. The average Bonchev–Trinajstić information content (AvgIpc) is 3.02. The number of H-pyrrole nitrogens is 1. The van der Waals surface area contributed by atoms with Crippen molar-refractivity contribution in [2.75, 3.05) is 13.7 Å². The zero-order valence-corrected chi connectivity index (χ0v) is 15.7. The van der Waals surface area contributed by atoms with Crippen LogP contribution in [-0.2, 0) is 11.5 Å². The lowest BCUT2D eigenvalue weighted by Crippen LogP contribution is -2.25. The lowest BCUT2D eigenvalue weighted by Gasteiger charge is -2.17. The highest BCUT2D eigenvalue weighted by atomic mass is 28.3. The lowest BCUT2D eigenvalue weighted by atomic mass is 10.1. The van der Waals surface area contributed by atoms with Crippen molar-refractivity contribution in [3.8, 4) is 5.75 Å². The molecule has 128 valence electrons. The van der Waals surface area contributed by atoms with E-state index in [4.69, 9.17) is 9.47 Å². The fourth-order valence-corrected chi connectivity index (χ4v) is 3.52. The van der Waals surface area contributed by atoms with Gasteiger partial charge >= 0.3 is 0 Å². The van der Waals surface area contributed by atoms with Gasteiger partial charge in [-0.2, -0.15) is 0 Å². The molecule has 0 fully saturated rings. The number of fused-ring (bicyclic) bond motifs is 3. The summed E-state index contributed by atoms with van der Waals surface area (Å²) in [5.41, 5.74) is 1.66. The number of rotatable bonds is 6. The molecule has 0 saturated carbocycles. The van der Waals surface area contributed by atoms with Crippen LogP contribution in [0.2, 0.25) is 25.7 Å². The second kappa shape index (κ2) is 6.45. The Bertz CT molecular complexity index is 922. The van der Waals surface area contributed by atoms with Crippen molar-refractivity contribution in [2.45, 2.75) is 32.4 Å². The molecule has 0 bridgehead atoms. The molecule has 6 heteroatoms. The van der Waals surface area contributed by atoms with Crippen LogP contribution in [0.4, 0.5) is 0 Å². The van der Waals surface area contributed by atoms with Gasteiger partial charge in [0.15, 0.2) is 0 Å². The third-order valence-corrected chi connectivity index (χ3v) is 5.91. The van der Waals surface area contributed by atoms with Crippen LogP contribution in [0.15, 0.2) is 35.3 Å². The van der Waals surface area contributed by atoms with Crippen LogP contribution in [0.5, 0.6) is 5.75 Å². The molecule has 0 spiro atoms. The molecule has 0 atom stereocenters. The topological polar surface area (TPSA) is 56.2 Å². The third kappa shape index (κ3) is 3.25. The number of ether oxygens (including phenoxy) is 2. The molecular formula is C18H24N2O3Si. The molecule has 0 aliphatic carbocycles. The number of aromatic nitrogens is 2. The quantitative estimate of drug-likeness (QED) is 0.546. The Morgan fingerprint density at radius 1 is 1.17 bits per heavy atom. The Morgan fingerprint density at radius 2 is 1.96 bits per heavy atom. The second-order valence-electron chi connectivity index (χ2n) is 7.23. The van der Waals surface area contributed by atoms with Crippen LogP contribution >= 0.6 is 0 Å². The summed E-state index contributed by atoms with van der Waals surface area (Å²) in [5, 5.41) is 1.63. The highest BCUT2D eigenvalue weighted by molar-refractivity contribution is 6.76. The van der Waals surface area contributed by atoms with Crippen molar-refractivity contribution in [1.29, 1.82) is 0 Å². The van der Waals surface area contributed by atoms with Crippen LogP contribution in [0.3, 0.4) is 0 Å². The number of nitrogens with zero attached hydrogens (tertiary/aromatic N) is 1. The summed E-state index contributed by atoms with van der Waals surface area (Å²) in [5.74, 6) is 0.767. The number of nitrogens with one attached hydrogen (secondary N) is 1. The van der Waals surface area contributed by atoms with E-state index in [0.29, 0.717) is 12.0 Å². The fraction of sp³-hybridized carbons (Fsp3) is 0.389. The number of pyridine rings is 1. The minimum absolute atomic E-state index is 0.0306. The van der Waals surface area contributed by atoms with Gasteiger partial charge in [-0.25, -0.2) is 0 Å². The van der Waals surface area contributed by atoms with E-state index in [2.05, 4.69) is 24.6 Å². The molecule has 0 aliphatic heterocycles. The van der Waals surface area contributed by atoms with E-state index >= 15 is 0 Å². The highest BCUT2D eigenvalue weighted by Crippen LogP contribution is 2.26. The Hall–Kier alpha value is -2.05. The fourth-order valence-electron chi connectivity index (χ4n) is 2.77. The number of benzene rings is 1. The molecule has 5 nitrogen and oxygen atoms in total. The smallest absolute Gasteiger partial charge is 0.262 e. The third-order valence-electron chi connectivity index (χ3n) is 4.20. The van der Waals surface area contributed by atoms with E-state index in [-0.39, 0.29) is 12.3 Å². The van der Waals surface area contributed by atoms with Crippen LogP contribution in [0.1, 0.15) is 0 Å². The molecule has 24 heavy (non-hydrogen) atoms. The van der Waals surface area contributed by atoms with Gasteiger partial charge in [0.05, 0.1) is 23.5 Å². The predicted molar refractivity (Wildman–Crippen MR) is 101 cm³/mol. The van der Waals surface area contributed by atoms with Crippen molar-refractivity contribution >= 4 is 29.9 Å². The maximum Gasteiger partial charge on any atom is 0.262 e. The first-order valence-corrected chi connectivity index (χ1v) is 11.9. The molecule has 3 rings (SSSR count). The van der Waals surface area contributed by atoms with Gasteiger partial charge in [-0.3, -0.25) is 9.36 Å². The molecule has 0 amide bonds. The Balaban J connectivity index is 2.02. The van der Waals surface area contributed by atoms with Gasteiger partial charge in [-0.15, -0.1) is 0 Å². The van der Waals surface area contributed by atoms with Gasteiger partial charge in [0.1, 0.15) is 12.5 Å². The summed E-state index contributed by atoms with van der Waals surface area (Å²) in [6, 6.07) is 8.63. The largest absolute Gasteiger partial charge is 0.497 e. The number of hydrogen-bond donors (Lipinski definition) is 1. The normalized spacial score (nSPS) is 12.2. The van der Waals surface area contributed by atoms with Crippen LogP contribution < -0.4 is 10.3 Å². The van der Waals surface area contributed by atoms with Crippen molar-refractivity contribution in [3.05, 3.63) is 40.8 Å². The van der Waals surface area contributed by atoms with Gasteiger partial charge < -0.3 is 14.5 Å². The first kappa shape index (κ1) is 16.8. The van der Waals surface area contributed by atoms with E-state index in [1.165, 1.54) is 0 Å². The predicted octanol–water partition coefficient (Wildman–Crippen LogP) is 3.80. The minimum Gasteiger partial charge on any atom is -0.497 e. The van der Waals surface area contributed by atoms with Crippen LogP contribution in [-0.4, -0.2) is 31.3 Å². The van der Waals surface area contributed by atoms with Gasteiger partial charge in [-0.05, 0) is 30.3 Å². The molecule has 1 aromatic carbocycles. The summed E-state index contributed by atoms with van der Waals surface area (Å²) in [6.45, 7) is 7.90. The summed E-state index contributed by atoms with van der Waals surface area (Å²) in [4.78, 5) is 16.0. The van der Waals surface area contributed by atoms with Crippen LogP contribution in [0.25, 0.3) is 21.8 Å².